The van der Waals surface area contributed by atoms with Crippen molar-refractivity contribution in [3.05, 3.63) is 33.8 Å². The molecule has 3 rings (SSSR count). The summed E-state index contributed by atoms with van der Waals surface area (Å²) >= 11 is 12.3. The molecule has 4 nitrogen and oxygen atoms in total. The number of likely N-dealkylation sites (N-methyl/N-ethyl adjacent to an activating group) is 1. The lowest BCUT2D eigenvalue weighted by Gasteiger charge is -2.46. The van der Waals surface area contributed by atoms with E-state index < -0.39 is 5.54 Å². The number of nitrogens with zero attached hydrogens (tertiary/aromatic N) is 1. The Morgan fingerprint density at radius 1 is 1.32 bits per heavy atom. The minimum Gasteiger partial charge on any atom is -0.359 e. The molecule has 0 N–H and O–H groups in total. The summed E-state index contributed by atoms with van der Waals surface area (Å²) in [6.07, 6.45) is 2.93. The highest BCUT2D eigenvalue weighted by molar-refractivity contribution is 6.42. The van der Waals surface area contributed by atoms with Gasteiger partial charge in [0.15, 0.2) is 5.78 Å². The summed E-state index contributed by atoms with van der Waals surface area (Å²) in [5.41, 5.74) is 0.556. The highest BCUT2D eigenvalue weighted by atomic mass is 35.5. The summed E-state index contributed by atoms with van der Waals surface area (Å²) in [6.45, 7) is 2.13. The zero-order valence-electron chi connectivity index (χ0n) is 14.9. The van der Waals surface area contributed by atoms with Gasteiger partial charge in [0.25, 0.3) is 0 Å². The molecule has 2 fully saturated rings. The lowest BCUT2D eigenvalue weighted by atomic mass is 9.74. The van der Waals surface area contributed by atoms with Gasteiger partial charge in [-0.25, -0.2) is 0 Å². The quantitative estimate of drug-likeness (QED) is 0.684. The summed E-state index contributed by atoms with van der Waals surface area (Å²) in [7, 11) is 3.66. The summed E-state index contributed by atoms with van der Waals surface area (Å²) in [4.78, 5) is 15.3. The molecule has 0 radical (unpaired) electrons. The number of benzene rings is 1. The minimum atomic E-state index is -0.590. The van der Waals surface area contributed by atoms with Gasteiger partial charge in [-0.1, -0.05) is 36.2 Å². The normalized spacial score (nSPS) is 32.1. The Morgan fingerprint density at radius 2 is 2.08 bits per heavy atom. The van der Waals surface area contributed by atoms with Crippen molar-refractivity contribution in [2.75, 3.05) is 21.0 Å². The maximum atomic E-state index is 13.0. The van der Waals surface area contributed by atoms with Crippen LogP contribution < -0.4 is 0 Å². The molecule has 2 aliphatic heterocycles. The third-order valence-electron chi connectivity index (χ3n) is 5.92. The molecule has 1 aromatic rings. The monoisotopic (exact) mass is 385 g/mol. The first-order valence-electron chi connectivity index (χ1n) is 8.75. The second-order valence-electron chi connectivity index (χ2n) is 7.07. The second-order valence-corrected chi connectivity index (χ2v) is 7.89. The Labute approximate surface area is 159 Å². The number of ketones is 1. The lowest BCUT2D eigenvalue weighted by Crippen LogP contribution is -2.60. The molecule has 0 saturated carbocycles. The number of methoxy groups -OCH3 is 1. The van der Waals surface area contributed by atoms with Crippen LogP contribution in [0.15, 0.2) is 18.2 Å². The maximum Gasteiger partial charge on any atom is 0.155 e. The number of halogens is 2. The number of carbonyl (C=O) groups excluding carboxylic acids is 1. The van der Waals surface area contributed by atoms with Crippen molar-refractivity contribution in [3.8, 4) is 0 Å². The molecule has 2 aliphatic rings. The molecule has 6 heteroatoms. The summed E-state index contributed by atoms with van der Waals surface area (Å²) in [6, 6.07) is 6.12. The number of Topliss-reactive ketones (excluding diaryl/α,β-unsaturated/α-hetero) is 1. The molecule has 1 aromatic carbocycles. The van der Waals surface area contributed by atoms with E-state index in [1.165, 1.54) is 0 Å². The van der Waals surface area contributed by atoms with Gasteiger partial charge in [0.05, 0.1) is 16.1 Å². The van der Waals surface area contributed by atoms with E-state index in [0.29, 0.717) is 22.5 Å². The van der Waals surface area contributed by atoms with E-state index in [0.717, 1.165) is 24.8 Å². The summed E-state index contributed by atoms with van der Waals surface area (Å²) < 4.78 is 11.1. The van der Waals surface area contributed by atoms with Crippen LogP contribution in [0.5, 0.6) is 0 Å². The molecular formula is C19H25Cl2NO3. The fourth-order valence-corrected chi connectivity index (χ4v) is 4.95. The van der Waals surface area contributed by atoms with Crippen molar-refractivity contribution in [3.63, 3.8) is 0 Å². The third kappa shape index (κ3) is 3.24. The van der Waals surface area contributed by atoms with Crippen LogP contribution in [0.3, 0.4) is 0 Å². The number of hydrogen-bond acceptors (Lipinski definition) is 4. The second kappa shape index (κ2) is 7.53. The molecule has 2 heterocycles. The molecule has 0 aromatic heterocycles. The van der Waals surface area contributed by atoms with Gasteiger partial charge in [-0.2, -0.15) is 0 Å². The molecule has 0 aliphatic carbocycles. The van der Waals surface area contributed by atoms with Crippen molar-refractivity contribution in [2.45, 2.75) is 56.2 Å². The first kappa shape index (κ1) is 19.1. The molecule has 4 atom stereocenters. The van der Waals surface area contributed by atoms with Gasteiger partial charge in [0.2, 0.25) is 0 Å². The van der Waals surface area contributed by atoms with Crippen LogP contribution in [0, 0.1) is 0 Å². The first-order valence-corrected chi connectivity index (χ1v) is 9.51. The van der Waals surface area contributed by atoms with Crippen LogP contribution in [-0.4, -0.2) is 49.3 Å². The Kier molecular flexibility index (Phi) is 5.76. The van der Waals surface area contributed by atoms with Crippen molar-refractivity contribution in [1.29, 1.82) is 0 Å². The molecule has 0 spiro atoms. The molecule has 2 unspecified atom stereocenters. The zero-order valence-corrected chi connectivity index (χ0v) is 16.4. The Balaban J connectivity index is 1.95. The van der Waals surface area contributed by atoms with Crippen molar-refractivity contribution < 1.29 is 14.3 Å². The number of carbonyl (C=O) groups is 1. The van der Waals surface area contributed by atoms with Crippen molar-refractivity contribution >= 4 is 29.0 Å². The third-order valence-corrected chi connectivity index (χ3v) is 6.66. The summed E-state index contributed by atoms with van der Waals surface area (Å²) in [5, 5.41) is 1.12. The first-order chi connectivity index (χ1) is 11.9. The number of fused-ring (bicyclic) bond motifs is 2. The van der Waals surface area contributed by atoms with E-state index in [4.69, 9.17) is 32.7 Å². The predicted octanol–water partition coefficient (Wildman–Crippen LogP) is 4.28. The largest absolute Gasteiger partial charge is 0.359 e. The van der Waals surface area contributed by atoms with Gasteiger partial charge in [-0.3, -0.25) is 9.69 Å². The van der Waals surface area contributed by atoms with E-state index >= 15 is 0 Å². The average molecular weight is 386 g/mol. The Bertz CT molecular complexity index is 654. The maximum absolute atomic E-state index is 13.0. The lowest BCUT2D eigenvalue weighted by molar-refractivity contribution is -0.148. The van der Waals surface area contributed by atoms with Gasteiger partial charge in [-0.05, 0) is 49.9 Å². The molecule has 2 saturated heterocycles. The van der Waals surface area contributed by atoms with Crippen molar-refractivity contribution in [2.24, 2.45) is 0 Å². The van der Waals surface area contributed by atoms with E-state index in [-0.39, 0.29) is 24.6 Å². The van der Waals surface area contributed by atoms with Gasteiger partial charge in [-0.15, -0.1) is 0 Å². The molecule has 25 heavy (non-hydrogen) atoms. The van der Waals surface area contributed by atoms with E-state index in [2.05, 4.69) is 11.9 Å². The van der Waals surface area contributed by atoms with Crippen LogP contribution in [0.25, 0.3) is 0 Å². The van der Waals surface area contributed by atoms with E-state index in [1.54, 1.807) is 7.11 Å². The summed E-state index contributed by atoms with van der Waals surface area (Å²) in [5.74, 6) is 0.506. The fraction of sp³-hybridized carbons (Fsp3) is 0.632. The Morgan fingerprint density at radius 3 is 2.72 bits per heavy atom. The standard InChI is InChI=1S/C19H25Cl2NO3/c1-4-17(23)19-10-13(12-5-6-15(20)16(21)8-12)7-14(22(19)2)9-18(19)25-11-24-3/h5-6,8,13-14,18H,4,7,9-11H2,1-3H3/t13-,14?,18-,19?/m0/s1. The van der Waals surface area contributed by atoms with Gasteiger partial charge in [0.1, 0.15) is 12.3 Å². The van der Waals surface area contributed by atoms with Crippen LogP contribution in [-0.2, 0) is 14.3 Å². The molecular weight excluding hydrogens is 361 g/mol. The van der Waals surface area contributed by atoms with Gasteiger partial charge < -0.3 is 9.47 Å². The van der Waals surface area contributed by atoms with Gasteiger partial charge >= 0.3 is 0 Å². The van der Waals surface area contributed by atoms with Crippen LogP contribution >= 0.6 is 23.2 Å². The Hall–Kier alpha value is -0.650. The number of rotatable bonds is 6. The van der Waals surface area contributed by atoms with Gasteiger partial charge in [0, 0.05) is 19.6 Å². The smallest absolute Gasteiger partial charge is 0.155 e. The SMILES string of the molecule is CCC(=O)C12C[C@@H](c3ccc(Cl)c(Cl)c3)CC(C[C@@H]1OCOC)N2C. The number of ether oxygens (including phenoxy) is 2. The predicted molar refractivity (Wildman–Crippen MR) is 99.4 cm³/mol. The van der Waals surface area contributed by atoms with Crippen LogP contribution in [0.1, 0.15) is 44.1 Å². The van der Waals surface area contributed by atoms with Crippen LogP contribution in [0.2, 0.25) is 10.0 Å². The highest BCUT2D eigenvalue weighted by Gasteiger charge is 2.60. The number of piperidine rings is 1. The molecule has 138 valence electrons. The van der Waals surface area contributed by atoms with E-state index in [9.17, 15) is 4.79 Å². The fourth-order valence-electron chi connectivity index (χ4n) is 4.64. The topological polar surface area (TPSA) is 38.8 Å². The van der Waals surface area contributed by atoms with Crippen LogP contribution in [0.4, 0.5) is 0 Å². The number of hydrogen-bond donors (Lipinski definition) is 0. The van der Waals surface area contributed by atoms with Crippen molar-refractivity contribution in [1.82, 2.24) is 4.90 Å². The molecule has 0 amide bonds. The average Bonchev–Trinajstić information content (AvgIpc) is 2.77. The highest BCUT2D eigenvalue weighted by Crippen LogP contribution is 2.51. The van der Waals surface area contributed by atoms with E-state index in [1.807, 2.05) is 25.1 Å². The molecule has 2 bridgehead atoms. The zero-order chi connectivity index (χ0) is 18.2. The minimum absolute atomic E-state index is 0.136.